The van der Waals surface area contributed by atoms with Crippen LogP contribution in [0.1, 0.15) is 25.7 Å². The molecular formula is C8H15NO. The average molecular weight is 141 g/mol. The summed E-state index contributed by atoms with van der Waals surface area (Å²) in [6, 6.07) is 0. The number of nitrogens with two attached hydrogens (primary N) is 1. The maximum absolute atomic E-state index is 9.15. The first-order valence-corrected chi connectivity index (χ1v) is 4.21. The molecule has 2 fully saturated rings. The molecule has 0 aromatic rings. The molecule has 58 valence electrons. The first-order chi connectivity index (χ1) is 4.77. The standard InChI is InChI=1S/C8H15NO/c9-8(10)7-4-5-1-2-6(7)3-5/h5-8,10H,1-4,9H2. The van der Waals surface area contributed by atoms with E-state index in [-0.39, 0.29) is 0 Å². The Morgan fingerprint density at radius 3 is 2.40 bits per heavy atom. The summed E-state index contributed by atoms with van der Waals surface area (Å²) in [6.07, 6.45) is 4.66. The maximum atomic E-state index is 9.15. The van der Waals surface area contributed by atoms with E-state index < -0.39 is 6.23 Å². The number of hydrogen-bond donors (Lipinski definition) is 2. The topological polar surface area (TPSA) is 46.2 Å². The number of aliphatic hydroxyl groups is 1. The third-order valence-electron chi connectivity index (χ3n) is 3.23. The fourth-order valence-corrected chi connectivity index (χ4v) is 2.71. The molecule has 4 atom stereocenters. The van der Waals surface area contributed by atoms with E-state index in [0.717, 1.165) is 11.8 Å². The highest BCUT2D eigenvalue weighted by atomic mass is 16.3. The smallest absolute Gasteiger partial charge is 0.105 e. The van der Waals surface area contributed by atoms with Crippen LogP contribution in [0.25, 0.3) is 0 Å². The molecular weight excluding hydrogens is 126 g/mol. The molecule has 2 nitrogen and oxygen atoms in total. The molecule has 0 aromatic carbocycles. The molecule has 3 N–H and O–H groups in total. The zero-order valence-electron chi connectivity index (χ0n) is 6.16. The molecule has 2 aliphatic carbocycles. The molecule has 2 heteroatoms. The monoisotopic (exact) mass is 141 g/mol. The fourth-order valence-electron chi connectivity index (χ4n) is 2.71. The first kappa shape index (κ1) is 6.62. The summed E-state index contributed by atoms with van der Waals surface area (Å²) in [7, 11) is 0. The lowest BCUT2D eigenvalue weighted by molar-refractivity contribution is 0.0804. The van der Waals surface area contributed by atoms with Gasteiger partial charge in [-0.25, -0.2) is 0 Å². The van der Waals surface area contributed by atoms with Crippen molar-refractivity contribution in [1.29, 1.82) is 0 Å². The summed E-state index contributed by atoms with van der Waals surface area (Å²) < 4.78 is 0. The summed E-state index contributed by atoms with van der Waals surface area (Å²) in [5, 5.41) is 9.15. The van der Waals surface area contributed by atoms with E-state index in [1.165, 1.54) is 25.7 Å². The third-order valence-corrected chi connectivity index (χ3v) is 3.23. The van der Waals surface area contributed by atoms with Gasteiger partial charge in [0.1, 0.15) is 6.23 Å². The van der Waals surface area contributed by atoms with Gasteiger partial charge in [-0.2, -0.15) is 0 Å². The van der Waals surface area contributed by atoms with Crippen molar-refractivity contribution in [2.24, 2.45) is 23.5 Å². The molecule has 0 saturated heterocycles. The molecule has 2 bridgehead atoms. The molecule has 4 unspecified atom stereocenters. The van der Waals surface area contributed by atoms with Crippen LogP contribution in [0, 0.1) is 17.8 Å². The SMILES string of the molecule is NC(O)C1CC2CCC1C2. The minimum absolute atomic E-state index is 0.429. The number of rotatable bonds is 1. The molecule has 0 radical (unpaired) electrons. The van der Waals surface area contributed by atoms with Gasteiger partial charge in [-0.1, -0.05) is 6.42 Å². The molecule has 0 heterocycles. The van der Waals surface area contributed by atoms with Crippen molar-refractivity contribution in [2.75, 3.05) is 0 Å². The molecule has 0 aliphatic heterocycles. The lowest BCUT2D eigenvalue weighted by Gasteiger charge is -2.23. The quantitative estimate of drug-likeness (QED) is 0.528. The fraction of sp³-hybridized carbons (Fsp3) is 1.00. The van der Waals surface area contributed by atoms with Crippen LogP contribution in [0.15, 0.2) is 0 Å². The molecule has 0 aromatic heterocycles. The second-order valence-electron chi connectivity index (χ2n) is 3.83. The van der Waals surface area contributed by atoms with Crippen molar-refractivity contribution in [3.05, 3.63) is 0 Å². The third kappa shape index (κ3) is 0.867. The van der Waals surface area contributed by atoms with E-state index in [1.54, 1.807) is 0 Å². The number of fused-ring (bicyclic) bond motifs is 2. The number of hydrogen-bond acceptors (Lipinski definition) is 2. The van der Waals surface area contributed by atoms with E-state index in [2.05, 4.69) is 0 Å². The van der Waals surface area contributed by atoms with Crippen molar-refractivity contribution in [1.82, 2.24) is 0 Å². The first-order valence-electron chi connectivity index (χ1n) is 4.21. The van der Waals surface area contributed by atoms with Crippen molar-refractivity contribution >= 4 is 0 Å². The number of aliphatic hydroxyl groups excluding tert-OH is 1. The van der Waals surface area contributed by atoms with E-state index in [9.17, 15) is 0 Å². The average Bonchev–Trinajstić information content (AvgIpc) is 2.44. The molecule has 2 aliphatic rings. The minimum atomic E-state index is -0.546. The Bertz CT molecular complexity index is 135. The normalized spacial score (nSPS) is 48.0. The Labute approximate surface area is 61.4 Å². The minimum Gasteiger partial charge on any atom is -0.379 e. The van der Waals surface area contributed by atoms with Crippen LogP contribution < -0.4 is 5.73 Å². The Morgan fingerprint density at radius 1 is 1.30 bits per heavy atom. The zero-order chi connectivity index (χ0) is 7.14. The second-order valence-corrected chi connectivity index (χ2v) is 3.83. The summed E-state index contributed by atoms with van der Waals surface area (Å²) >= 11 is 0. The Morgan fingerprint density at radius 2 is 2.10 bits per heavy atom. The van der Waals surface area contributed by atoms with Crippen LogP contribution in [0.3, 0.4) is 0 Å². The van der Waals surface area contributed by atoms with Gasteiger partial charge in [0.05, 0.1) is 0 Å². The molecule has 0 spiro atoms. The lowest BCUT2D eigenvalue weighted by Crippen LogP contribution is -2.32. The van der Waals surface area contributed by atoms with Crippen LogP contribution in [-0.2, 0) is 0 Å². The van der Waals surface area contributed by atoms with Gasteiger partial charge in [0.2, 0.25) is 0 Å². The van der Waals surface area contributed by atoms with Crippen LogP contribution in [0.4, 0.5) is 0 Å². The summed E-state index contributed by atoms with van der Waals surface area (Å²) in [4.78, 5) is 0. The maximum Gasteiger partial charge on any atom is 0.105 e. The molecule has 2 rings (SSSR count). The van der Waals surface area contributed by atoms with Crippen molar-refractivity contribution in [2.45, 2.75) is 31.9 Å². The molecule has 10 heavy (non-hydrogen) atoms. The zero-order valence-corrected chi connectivity index (χ0v) is 6.16. The highest BCUT2D eigenvalue weighted by Crippen LogP contribution is 2.48. The Kier molecular flexibility index (Phi) is 1.46. The second kappa shape index (κ2) is 2.21. The van der Waals surface area contributed by atoms with Crippen LogP contribution in [0.2, 0.25) is 0 Å². The van der Waals surface area contributed by atoms with E-state index in [4.69, 9.17) is 10.8 Å². The van der Waals surface area contributed by atoms with Crippen LogP contribution in [-0.4, -0.2) is 11.3 Å². The predicted octanol–water partition coefficient (Wildman–Crippen LogP) is 0.700. The van der Waals surface area contributed by atoms with Crippen molar-refractivity contribution in [3.8, 4) is 0 Å². The van der Waals surface area contributed by atoms with Gasteiger partial charge in [0, 0.05) is 5.92 Å². The Hall–Kier alpha value is -0.0800. The van der Waals surface area contributed by atoms with E-state index in [0.29, 0.717) is 5.92 Å². The van der Waals surface area contributed by atoms with Gasteiger partial charge in [-0.05, 0) is 31.1 Å². The largest absolute Gasteiger partial charge is 0.379 e. The summed E-state index contributed by atoms with van der Waals surface area (Å²) in [5.74, 6) is 2.08. The van der Waals surface area contributed by atoms with Crippen LogP contribution >= 0.6 is 0 Å². The van der Waals surface area contributed by atoms with Gasteiger partial charge in [-0.3, -0.25) is 0 Å². The van der Waals surface area contributed by atoms with Crippen LogP contribution in [0.5, 0.6) is 0 Å². The molecule has 0 amide bonds. The van der Waals surface area contributed by atoms with Gasteiger partial charge in [-0.15, -0.1) is 0 Å². The highest BCUT2D eigenvalue weighted by molar-refractivity contribution is 4.91. The lowest BCUT2D eigenvalue weighted by atomic mass is 9.88. The van der Waals surface area contributed by atoms with Crippen molar-refractivity contribution < 1.29 is 5.11 Å². The van der Waals surface area contributed by atoms with Gasteiger partial charge in [0.15, 0.2) is 0 Å². The van der Waals surface area contributed by atoms with Gasteiger partial charge in [0.25, 0.3) is 0 Å². The summed E-state index contributed by atoms with van der Waals surface area (Å²) in [6.45, 7) is 0. The van der Waals surface area contributed by atoms with Gasteiger partial charge >= 0.3 is 0 Å². The van der Waals surface area contributed by atoms with E-state index in [1.807, 2.05) is 0 Å². The highest BCUT2D eigenvalue weighted by Gasteiger charge is 2.41. The summed E-state index contributed by atoms with van der Waals surface area (Å²) in [5.41, 5.74) is 5.44. The van der Waals surface area contributed by atoms with Gasteiger partial charge < -0.3 is 10.8 Å². The van der Waals surface area contributed by atoms with Crippen molar-refractivity contribution in [3.63, 3.8) is 0 Å². The Balaban J connectivity index is 2.02. The molecule has 2 saturated carbocycles. The predicted molar refractivity (Wildman–Crippen MR) is 39.1 cm³/mol. The van der Waals surface area contributed by atoms with E-state index >= 15 is 0 Å².